The highest BCUT2D eigenvalue weighted by Crippen LogP contribution is 2.03. The first-order valence-electron chi connectivity index (χ1n) is 5.89. The van der Waals surface area contributed by atoms with Gasteiger partial charge >= 0.3 is 0 Å². The molecule has 4 heteroatoms. The van der Waals surface area contributed by atoms with Crippen LogP contribution in [0.2, 0.25) is 0 Å². The Hall–Kier alpha value is -0.970. The summed E-state index contributed by atoms with van der Waals surface area (Å²) in [6.07, 6.45) is 0. The number of likely N-dealkylation sites (N-methyl/N-ethyl adjacent to an activating group) is 1. The average Bonchev–Trinajstić information content (AvgIpc) is 2.27. The molecule has 1 rings (SSSR count). The van der Waals surface area contributed by atoms with E-state index in [2.05, 4.69) is 17.1 Å². The normalized spacial score (nSPS) is 13.0. The van der Waals surface area contributed by atoms with Crippen LogP contribution in [0.4, 0.5) is 4.39 Å². The second-order valence-corrected chi connectivity index (χ2v) is 4.40. The van der Waals surface area contributed by atoms with Crippen molar-refractivity contribution < 1.29 is 9.50 Å². The molecule has 0 saturated carbocycles. The van der Waals surface area contributed by atoms with Crippen LogP contribution in [0.3, 0.4) is 0 Å². The number of aliphatic hydroxyl groups is 1. The summed E-state index contributed by atoms with van der Waals surface area (Å²) in [6.45, 7) is 4.44. The highest BCUT2D eigenvalue weighted by atomic mass is 19.1. The van der Waals surface area contributed by atoms with Crippen molar-refractivity contribution in [3.05, 3.63) is 35.6 Å². The largest absolute Gasteiger partial charge is 0.395 e. The van der Waals surface area contributed by atoms with Crippen LogP contribution in [0.25, 0.3) is 0 Å². The summed E-state index contributed by atoms with van der Waals surface area (Å²) < 4.78 is 12.9. The van der Waals surface area contributed by atoms with Gasteiger partial charge in [-0.2, -0.15) is 0 Å². The lowest BCUT2D eigenvalue weighted by Crippen LogP contribution is -2.38. The molecule has 3 nitrogen and oxygen atoms in total. The molecule has 96 valence electrons. The van der Waals surface area contributed by atoms with Crippen LogP contribution < -0.4 is 5.32 Å². The molecule has 0 radical (unpaired) electrons. The molecule has 0 aliphatic carbocycles. The number of benzene rings is 1. The van der Waals surface area contributed by atoms with E-state index in [1.165, 1.54) is 12.1 Å². The Morgan fingerprint density at radius 1 is 1.47 bits per heavy atom. The van der Waals surface area contributed by atoms with Crippen LogP contribution in [0, 0.1) is 5.82 Å². The number of nitrogens with zero attached hydrogens (tertiary/aromatic N) is 1. The predicted octanol–water partition coefficient (Wildman–Crippen LogP) is 1.23. The lowest BCUT2D eigenvalue weighted by molar-refractivity contribution is 0.210. The van der Waals surface area contributed by atoms with E-state index >= 15 is 0 Å². The smallest absolute Gasteiger partial charge is 0.123 e. The highest BCUT2D eigenvalue weighted by Gasteiger charge is 2.05. The van der Waals surface area contributed by atoms with Gasteiger partial charge in [-0.3, -0.25) is 0 Å². The summed E-state index contributed by atoms with van der Waals surface area (Å²) in [6, 6.07) is 6.91. The predicted molar refractivity (Wildman–Crippen MR) is 67.3 cm³/mol. The van der Waals surface area contributed by atoms with Crippen molar-refractivity contribution in [3.8, 4) is 0 Å². The molecule has 1 atom stereocenters. The Kier molecular flexibility index (Phi) is 6.11. The van der Waals surface area contributed by atoms with Gasteiger partial charge in [0.1, 0.15) is 5.82 Å². The van der Waals surface area contributed by atoms with Crippen molar-refractivity contribution in [2.24, 2.45) is 0 Å². The van der Waals surface area contributed by atoms with E-state index < -0.39 is 0 Å². The van der Waals surface area contributed by atoms with E-state index in [0.717, 1.165) is 12.1 Å². The monoisotopic (exact) mass is 240 g/mol. The van der Waals surface area contributed by atoms with Crippen LogP contribution >= 0.6 is 0 Å². The summed E-state index contributed by atoms with van der Waals surface area (Å²) in [5, 5.41) is 12.1. The molecule has 0 fully saturated rings. The molecule has 17 heavy (non-hydrogen) atoms. The molecule has 1 aromatic rings. The SMILES string of the molecule is CC(CN(C)CCO)NCc1cccc(F)c1. The van der Waals surface area contributed by atoms with E-state index in [4.69, 9.17) is 5.11 Å². The lowest BCUT2D eigenvalue weighted by Gasteiger charge is -2.21. The number of nitrogens with one attached hydrogen (secondary N) is 1. The molecule has 1 unspecified atom stereocenters. The molecule has 0 amide bonds. The third-order valence-corrected chi connectivity index (χ3v) is 2.61. The highest BCUT2D eigenvalue weighted by molar-refractivity contribution is 5.16. The number of aliphatic hydroxyl groups excluding tert-OH is 1. The maximum Gasteiger partial charge on any atom is 0.123 e. The molecule has 0 bridgehead atoms. The first-order chi connectivity index (χ1) is 8.11. The van der Waals surface area contributed by atoms with Crippen molar-refractivity contribution in [1.29, 1.82) is 0 Å². The Morgan fingerprint density at radius 2 is 2.24 bits per heavy atom. The van der Waals surface area contributed by atoms with Gasteiger partial charge in [-0.05, 0) is 31.7 Å². The molecule has 0 aliphatic heterocycles. The van der Waals surface area contributed by atoms with Gasteiger partial charge in [0.05, 0.1) is 6.61 Å². The van der Waals surface area contributed by atoms with Gasteiger partial charge < -0.3 is 15.3 Å². The summed E-state index contributed by atoms with van der Waals surface area (Å²) in [7, 11) is 1.97. The lowest BCUT2D eigenvalue weighted by atomic mass is 10.2. The molecule has 0 aromatic heterocycles. The van der Waals surface area contributed by atoms with E-state index in [9.17, 15) is 4.39 Å². The minimum absolute atomic E-state index is 0.174. The van der Waals surface area contributed by atoms with Gasteiger partial charge in [-0.1, -0.05) is 12.1 Å². The minimum atomic E-state index is -0.200. The molecular formula is C13H21FN2O. The summed E-state index contributed by atoms with van der Waals surface area (Å²) in [5.41, 5.74) is 0.946. The summed E-state index contributed by atoms with van der Waals surface area (Å²) >= 11 is 0. The second kappa shape index (κ2) is 7.37. The zero-order valence-electron chi connectivity index (χ0n) is 10.5. The topological polar surface area (TPSA) is 35.5 Å². The fourth-order valence-corrected chi connectivity index (χ4v) is 1.73. The van der Waals surface area contributed by atoms with Gasteiger partial charge in [-0.25, -0.2) is 4.39 Å². The zero-order chi connectivity index (χ0) is 12.7. The minimum Gasteiger partial charge on any atom is -0.395 e. The maximum absolute atomic E-state index is 12.9. The van der Waals surface area contributed by atoms with Crippen molar-refractivity contribution in [2.75, 3.05) is 26.7 Å². The Labute approximate surface area is 102 Å². The fraction of sp³-hybridized carbons (Fsp3) is 0.538. The quantitative estimate of drug-likeness (QED) is 0.752. The third kappa shape index (κ3) is 5.77. The van der Waals surface area contributed by atoms with Gasteiger partial charge in [-0.15, -0.1) is 0 Å². The Bertz CT molecular complexity index is 333. The second-order valence-electron chi connectivity index (χ2n) is 4.40. The number of halogens is 1. The van der Waals surface area contributed by atoms with Gasteiger partial charge in [0, 0.05) is 25.7 Å². The van der Waals surface area contributed by atoms with E-state index in [1.54, 1.807) is 6.07 Å². The Morgan fingerprint density at radius 3 is 2.88 bits per heavy atom. The standard InChI is InChI=1S/C13H21FN2O/c1-11(10-16(2)6-7-17)15-9-12-4-3-5-13(14)8-12/h3-5,8,11,15,17H,6-7,9-10H2,1-2H3. The Balaban J connectivity index is 2.30. The van der Waals surface area contributed by atoms with Crippen molar-refractivity contribution >= 4 is 0 Å². The molecule has 1 aromatic carbocycles. The number of rotatable bonds is 7. The van der Waals surface area contributed by atoms with Crippen molar-refractivity contribution in [1.82, 2.24) is 10.2 Å². The van der Waals surface area contributed by atoms with E-state index in [0.29, 0.717) is 19.1 Å². The first kappa shape index (κ1) is 14.1. The molecule has 0 saturated heterocycles. The maximum atomic E-state index is 12.9. The van der Waals surface area contributed by atoms with Crippen LogP contribution in [0.1, 0.15) is 12.5 Å². The van der Waals surface area contributed by atoms with Gasteiger partial charge in [0.15, 0.2) is 0 Å². The molecule has 0 spiro atoms. The molecule has 0 heterocycles. The van der Waals surface area contributed by atoms with E-state index in [1.807, 2.05) is 13.1 Å². The molecule has 0 aliphatic rings. The van der Waals surface area contributed by atoms with Crippen molar-refractivity contribution in [2.45, 2.75) is 19.5 Å². The summed E-state index contributed by atoms with van der Waals surface area (Å²) in [5.74, 6) is -0.200. The average molecular weight is 240 g/mol. The number of hydrogen-bond donors (Lipinski definition) is 2. The van der Waals surface area contributed by atoms with Gasteiger partial charge in [0.2, 0.25) is 0 Å². The van der Waals surface area contributed by atoms with Crippen molar-refractivity contribution in [3.63, 3.8) is 0 Å². The first-order valence-corrected chi connectivity index (χ1v) is 5.89. The molecular weight excluding hydrogens is 219 g/mol. The molecule has 2 N–H and O–H groups in total. The van der Waals surface area contributed by atoms with Crippen LogP contribution in [0.15, 0.2) is 24.3 Å². The summed E-state index contributed by atoms with van der Waals surface area (Å²) in [4.78, 5) is 2.06. The fourth-order valence-electron chi connectivity index (χ4n) is 1.73. The van der Waals surface area contributed by atoms with Gasteiger partial charge in [0.25, 0.3) is 0 Å². The van der Waals surface area contributed by atoms with Crippen LogP contribution in [-0.2, 0) is 6.54 Å². The zero-order valence-corrected chi connectivity index (χ0v) is 10.5. The van der Waals surface area contributed by atoms with E-state index in [-0.39, 0.29) is 12.4 Å². The third-order valence-electron chi connectivity index (χ3n) is 2.61. The number of hydrogen-bond acceptors (Lipinski definition) is 3. The van der Waals surface area contributed by atoms with Crippen LogP contribution in [0.5, 0.6) is 0 Å². The van der Waals surface area contributed by atoms with Crippen LogP contribution in [-0.4, -0.2) is 42.8 Å².